The van der Waals surface area contributed by atoms with Gasteiger partial charge < -0.3 is 10.1 Å². The number of anilines is 1. The topological polar surface area (TPSA) is 75.8 Å². The molecule has 1 aliphatic carbocycles. The summed E-state index contributed by atoms with van der Waals surface area (Å²) in [6.45, 7) is 1.41. The molecule has 0 bridgehead atoms. The number of rotatable bonds is 5. The molecule has 22 heavy (non-hydrogen) atoms. The molecule has 0 amide bonds. The van der Waals surface area contributed by atoms with E-state index in [0.717, 1.165) is 37.2 Å². The van der Waals surface area contributed by atoms with Gasteiger partial charge in [-0.2, -0.15) is 10.4 Å². The van der Waals surface area contributed by atoms with E-state index in [9.17, 15) is 0 Å². The average molecular weight is 297 g/mol. The first-order chi connectivity index (χ1) is 10.8. The van der Waals surface area contributed by atoms with Gasteiger partial charge in [0.25, 0.3) is 0 Å². The second kappa shape index (κ2) is 6.58. The molecule has 6 heteroatoms. The number of hydrogen-bond donors (Lipinski definition) is 1. The maximum absolute atomic E-state index is 9.16. The van der Waals surface area contributed by atoms with Gasteiger partial charge in [-0.25, -0.2) is 4.98 Å². The van der Waals surface area contributed by atoms with Crippen LogP contribution in [-0.2, 0) is 17.7 Å². The first kappa shape index (κ1) is 14.5. The van der Waals surface area contributed by atoms with Gasteiger partial charge in [-0.1, -0.05) is 0 Å². The van der Waals surface area contributed by atoms with Crippen molar-refractivity contribution in [2.75, 3.05) is 19.0 Å². The van der Waals surface area contributed by atoms with E-state index < -0.39 is 0 Å². The van der Waals surface area contributed by atoms with Crippen LogP contribution < -0.4 is 5.32 Å². The van der Waals surface area contributed by atoms with Crippen LogP contribution in [0.4, 0.5) is 5.69 Å². The molecule has 6 nitrogen and oxygen atoms in total. The van der Waals surface area contributed by atoms with Crippen molar-refractivity contribution in [3.8, 4) is 6.07 Å². The Balaban J connectivity index is 1.82. The van der Waals surface area contributed by atoms with E-state index in [1.807, 2.05) is 16.8 Å². The Hall–Kier alpha value is -2.39. The van der Waals surface area contributed by atoms with Crippen molar-refractivity contribution in [2.24, 2.45) is 0 Å². The summed E-state index contributed by atoms with van der Waals surface area (Å²) in [7, 11) is 1.69. The fourth-order valence-corrected chi connectivity index (χ4v) is 2.84. The Kier molecular flexibility index (Phi) is 4.35. The van der Waals surface area contributed by atoms with Crippen LogP contribution in [0.25, 0.3) is 0 Å². The molecule has 1 aliphatic rings. The highest BCUT2D eigenvalue weighted by molar-refractivity contribution is 5.54. The number of aryl methyl sites for hydroxylation is 1. The van der Waals surface area contributed by atoms with Crippen molar-refractivity contribution in [3.05, 3.63) is 41.5 Å². The average Bonchev–Trinajstić information content (AvgIpc) is 2.97. The molecule has 0 aliphatic heterocycles. The van der Waals surface area contributed by atoms with Crippen LogP contribution in [0, 0.1) is 11.3 Å². The van der Waals surface area contributed by atoms with Gasteiger partial charge in [0.1, 0.15) is 6.07 Å². The minimum atomic E-state index is 0.129. The molecule has 3 rings (SSSR count). The Labute approximate surface area is 129 Å². The quantitative estimate of drug-likeness (QED) is 0.916. The third-order valence-corrected chi connectivity index (χ3v) is 3.91. The monoisotopic (exact) mass is 297 g/mol. The van der Waals surface area contributed by atoms with Gasteiger partial charge in [0.05, 0.1) is 30.6 Å². The van der Waals surface area contributed by atoms with Crippen LogP contribution in [0.15, 0.2) is 24.5 Å². The molecule has 0 saturated carbocycles. The van der Waals surface area contributed by atoms with Crippen LogP contribution in [0.5, 0.6) is 0 Å². The molecule has 0 fully saturated rings. The van der Waals surface area contributed by atoms with Crippen LogP contribution in [-0.4, -0.2) is 28.5 Å². The van der Waals surface area contributed by atoms with Gasteiger partial charge in [-0.3, -0.25) is 4.68 Å². The lowest BCUT2D eigenvalue weighted by atomic mass is 9.93. The molecular weight excluding hydrogens is 278 g/mol. The van der Waals surface area contributed by atoms with Crippen molar-refractivity contribution < 1.29 is 4.74 Å². The number of nitrogens with one attached hydrogen (secondary N) is 1. The lowest BCUT2D eigenvalue weighted by Gasteiger charge is -2.23. The summed E-state index contributed by atoms with van der Waals surface area (Å²) in [6, 6.07) is 5.98. The maximum Gasteiger partial charge on any atom is 0.163 e. The fraction of sp³-hybridized carbons (Fsp3) is 0.438. The van der Waals surface area contributed by atoms with Crippen molar-refractivity contribution in [3.63, 3.8) is 0 Å². The van der Waals surface area contributed by atoms with E-state index >= 15 is 0 Å². The summed E-state index contributed by atoms with van der Waals surface area (Å²) in [5, 5.41) is 17.3. The first-order valence-electron chi connectivity index (χ1n) is 7.48. The Morgan fingerprint density at radius 2 is 2.45 bits per heavy atom. The lowest BCUT2D eigenvalue weighted by Crippen LogP contribution is -2.18. The molecule has 1 N–H and O–H groups in total. The Bertz CT molecular complexity index is 688. The predicted octanol–water partition coefficient (Wildman–Crippen LogP) is 2.29. The molecule has 2 aromatic rings. The van der Waals surface area contributed by atoms with E-state index in [1.165, 1.54) is 5.56 Å². The molecule has 2 heterocycles. The molecule has 0 saturated heterocycles. The zero-order valence-electron chi connectivity index (χ0n) is 12.6. The number of nitriles is 1. The van der Waals surface area contributed by atoms with Crippen LogP contribution in [0.1, 0.15) is 35.8 Å². The summed E-state index contributed by atoms with van der Waals surface area (Å²) in [5.41, 5.74) is 3.56. The smallest absolute Gasteiger partial charge is 0.163 e. The maximum atomic E-state index is 9.16. The van der Waals surface area contributed by atoms with Gasteiger partial charge in [-0.05, 0) is 37.0 Å². The fourth-order valence-electron chi connectivity index (χ4n) is 2.84. The van der Waals surface area contributed by atoms with Gasteiger partial charge >= 0.3 is 0 Å². The minimum absolute atomic E-state index is 0.129. The molecule has 0 radical (unpaired) electrons. The molecule has 114 valence electrons. The summed E-state index contributed by atoms with van der Waals surface area (Å²) < 4.78 is 7.06. The van der Waals surface area contributed by atoms with Crippen molar-refractivity contribution in [1.29, 1.82) is 5.26 Å². The number of pyridine rings is 1. The second-order valence-electron chi connectivity index (χ2n) is 5.40. The number of hydrogen-bond acceptors (Lipinski definition) is 5. The van der Waals surface area contributed by atoms with E-state index in [2.05, 4.69) is 22.6 Å². The largest absolute Gasteiger partial charge is 0.383 e. The molecule has 0 aromatic carbocycles. The van der Waals surface area contributed by atoms with Gasteiger partial charge in [0, 0.05) is 19.5 Å². The molecule has 2 aromatic heterocycles. The summed E-state index contributed by atoms with van der Waals surface area (Å²) in [6.07, 6.45) is 6.92. The normalized spacial score (nSPS) is 16.8. The highest BCUT2D eigenvalue weighted by Crippen LogP contribution is 2.32. The molecule has 1 unspecified atom stereocenters. The van der Waals surface area contributed by atoms with Gasteiger partial charge in [0.2, 0.25) is 0 Å². The van der Waals surface area contributed by atoms with Gasteiger partial charge in [-0.15, -0.1) is 0 Å². The number of ether oxygens (including phenoxy) is 1. The first-order valence-corrected chi connectivity index (χ1v) is 7.48. The van der Waals surface area contributed by atoms with Crippen LogP contribution in [0.2, 0.25) is 0 Å². The number of aromatic nitrogens is 3. The van der Waals surface area contributed by atoms with Gasteiger partial charge in [0.15, 0.2) is 5.69 Å². The van der Waals surface area contributed by atoms with E-state index in [0.29, 0.717) is 12.3 Å². The minimum Gasteiger partial charge on any atom is -0.383 e. The number of methoxy groups -OCH3 is 1. The third kappa shape index (κ3) is 2.95. The van der Waals surface area contributed by atoms with Crippen molar-refractivity contribution in [1.82, 2.24) is 14.8 Å². The SMILES string of the molecule is COCCn1cc2c(n1)C(Nc1cccnc1C#N)CCC2. The number of fused-ring (bicyclic) bond motifs is 1. The van der Waals surface area contributed by atoms with Crippen molar-refractivity contribution >= 4 is 5.69 Å². The number of nitrogens with zero attached hydrogens (tertiary/aromatic N) is 4. The summed E-state index contributed by atoms with van der Waals surface area (Å²) in [4.78, 5) is 4.10. The van der Waals surface area contributed by atoms with E-state index in [4.69, 9.17) is 15.1 Å². The van der Waals surface area contributed by atoms with E-state index in [-0.39, 0.29) is 6.04 Å². The third-order valence-electron chi connectivity index (χ3n) is 3.91. The van der Waals surface area contributed by atoms with Crippen molar-refractivity contribution in [2.45, 2.75) is 31.8 Å². The highest BCUT2D eigenvalue weighted by Gasteiger charge is 2.24. The summed E-state index contributed by atoms with van der Waals surface area (Å²) in [5.74, 6) is 0. The highest BCUT2D eigenvalue weighted by atomic mass is 16.5. The summed E-state index contributed by atoms with van der Waals surface area (Å²) >= 11 is 0. The lowest BCUT2D eigenvalue weighted by molar-refractivity contribution is 0.183. The standard InChI is InChI=1S/C16H19N5O/c1-22-9-8-21-11-12-4-2-5-14(16(12)20-21)19-13-6-3-7-18-15(13)10-17/h3,6-7,11,14,19H,2,4-5,8-9H2,1H3. The molecular formula is C16H19N5O. The molecule has 1 atom stereocenters. The second-order valence-corrected chi connectivity index (χ2v) is 5.40. The van der Waals surface area contributed by atoms with Crippen LogP contribution in [0.3, 0.4) is 0 Å². The predicted molar refractivity (Wildman–Crippen MR) is 82.4 cm³/mol. The Morgan fingerprint density at radius 3 is 3.27 bits per heavy atom. The zero-order chi connectivity index (χ0) is 15.4. The Morgan fingerprint density at radius 1 is 1.55 bits per heavy atom. The molecule has 0 spiro atoms. The van der Waals surface area contributed by atoms with E-state index in [1.54, 1.807) is 13.3 Å². The zero-order valence-corrected chi connectivity index (χ0v) is 12.6. The van der Waals surface area contributed by atoms with Crippen LogP contribution >= 0.6 is 0 Å².